The first-order valence-electron chi connectivity index (χ1n) is 11.7. The lowest BCUT2D eigenvalue weighted by atomic mass is 10.2. The third-order valence-corrected chi connectivity index (χ3v) is 7.02. The lowest BCUT2D eigenvalue weighted by Crippen LogP contribution is -2.36. The number of fused-ring (bicyclic) bond motifs is 1. The van der Waals surface area contributed by atoms with Gasteiger partial charge in [-0.05, 0) is 54.1 Å². The van der Waals surface area contributed by atoms with E-state index in [9.17, 15) is 9.59 Å². The Labute approximate surface area is 222 Å². The maximum absolute atomic E-state index is 13.3. The number of carbonyl (C=O) groups is 1. The van der Waals surface area contributed by atoms with Crippen molar-refractivity contribution in [3.8, 4) is 5.69 Å². The van der Waals surface area contributed by atoms with Crippen molar-refractivity contribution in [2.75, 3.05) is 37.0 Å². The van der Waals surface area contributed by atoms with Crippen LogP contribution >= 0.6 is 23.4 Å². The Morgan fingerprint density at radius 3 is 2.49 bits per heavy atom. The summed E-state index contributed by atoms with van der Waals surface area (Å²) < 4.78 is 6.89. The number of nitrogens with one attached hydrogen (secondary N) is 1. The zero-order chi connectivity index (χ0) is 25.6. The van der Waals surface area contributed by atoms with Gasteiger partial charge in [0.1, 0.15) is 0 Å². The maximum Gasteiger partial charge on any atom is 0.266 e. The normalized spacial score (nSPS) is 13.8. The van der Waals surface area contributed by atoms with Crippen molar-refractivity contribution in [3.63, 3.8) is 0 Å². The number of nitrogens with zero attached hydrogens (tertiary/aromatic N) is 4. The molecule has 0 radical (unpaired) electrons. The number of hydrogen-bond acceptors (Lipinski definition) is 7. The fourth-order valence-corrected chi connectivity index (χ4v) is 4.89. The molecule has 1 aromatic heterocycles. The predicted molar refractivity (Wildman–Crippen MR) is 148 cm³/mol. The van der Waals surface area contributed by atoms with Crippen LogP contribution in [0.4, 0.5) is 5.69 Å². The summed E-state index contributed by atoms with van der Waals surface area (Å²) in [6.07, 6.45) is 1.60. The SMILES string of the molecule is O=C(CSc1nc2ccccc2c(=O)n1-c1ccc(Cl)cc1)N/N=C/c1ccc(N2CCOCC2)cc1. The van der Waals surface area contributed by atoms with Crippen LogP contribution in [0.25, 0.3) is 16.6 Å². The van der Waals surface area contributed by atoms with Crippen molar-refractivity contribution >= 4 is 52.1 Å². The molecule has 4 aromatic rings. The molecule has 0 aliphatic carbocycles. The van der Waals surface area contributed by atoms with Crippen molar-refractivity contribution < 1.29 is 9.53 Å². The van der Waals surface area contributed by atoms with Crippen LogP contribution in [0.15, 0.2) is 87.8 Å². The van der Waals surface area contributed by atoms with E-state index in [4.69, 9.17) is 16.3 Å². The second-order valence-corrected chi connectivity index (χ2v) is 9.68. The van der Waals surface area contributed by atoms with Crippen LogP contribution < -0.4 is 15.9 Å². The second kappa shape index (κ2) is 11.6. The fourth-order valence-electron chi connectivity index (χ4n) is 3.96. The van der Waals surface area contributed by atoms with E-state index in [2.05, 4.69) is 20.4 Å². The number of carbonyl (C=O) groups excluding carboxylic acids is 1. The minimum absolute atomic E-state index is 0.0334. The summed E-state index contributed by atoms with van der Waals surface area (Å²) in [6, 6.07) is 22.0. The Hall–Kier alpha value is -3.66. The summed E-state index contributed by atoms with van der Waals surface area (Å²) in [5, 5.41) is 5.54. The lowest BCUT2D eigenvalue weighted by Gasteiger charge is -2.28. The number of rotatable bonds is 7. The lowest BCUT2D eigenvalue weighted by molar-refractivity contribution is -0.118. The molecule has 0 unspecified atom stereocenters. The Kier molecular flexibility index (Phi) is 7.84. The van der Waals surface area contributed by atoms with Gasteiger partial charge in [-0.2, -0.15) is 5.10 Å². The minimum atomic E-state index is -0.309. The molecule has 0 atom stereocenters. The van der Waals surface area contributed by atoms with Crippen LogP contribution in [0.3, 0.4) is 0 Å². The summed E-state index contributed by atoms with van der Waals surface area (Å²) >= 11 is 7.20. The van der Waals surface area contributed by atoms with Crippen molar-refractivity contribution in [1.82, 2.24) is 15.0 Å². The zero-order valence-corrected chi connectivity index (χ0v) is 21.4. The van der Waals surface area contributed by atoms with Gasteiger partial charge in [-0.1, -0.05) is 47.6 Å². The van der Waals surface area contributed by atoms with E-state index < -0.39 is 0 Å². The van der Waals surface area contributed by atoms with Crippen LogP contribution in [0.2, 0.25) is 5.02 Å². The minimum Gasteiger partial charge on any atom is -0.378 e. The molecule has 188 valence electrons. The van der Waals surface area contributed by atoms with Gasteiger partial charge in [0.25, 0.3) is 11.5 Å². The standard InChI is InChI=1S/C27H24ClN5O3S/c28-20-7-11-22(12-8-20)33-26(35)23-3-1-2-4-24(23)30-27(33)37-18-25(34)31-29-17-19-5-9-21(10-6-19)32-13-15-36-16-14-32/h1-12,17H,13-16,18H2,(H,31,34)/b29-17+. The number of thioether (sulfide) groups is 1. The molecule has 5 rings (SSSR count). The highest BCUT2D eigenvalue weighted by Gasteiger charge is 2.15. The molecule has 3 aromatic carbocycles. The number of hydrazone groups is 1. The molecule has 2 heterocycles. The van der Waals surface area contributed by atoms with Gasteiger partial charge in [0.05, 0.1) is 41.8 Å². The van der Waals surface area contributed by atoms with E-state index in [1.165, 1.54) is 4.57 Å². The van der Waals surface area contributed by atoms with Gasteiger partial charge in [0, 0.05) is 23.8 Å². The van der Waals surface area contributed by atoms with Crippen LogP contribution in [0.5, 0.6) is 0 Å². The van der Waals surface area contributed by atoms with Crippen molar-refractivity contribution in [1.29, 1.82) is 0 Å². The number of morpholine rings is 1. The molecular formula is C27H24ClN5O3S. The number of ether oxygens (including phenoxy) is 1. The Balaban J connectivity index is 1.26. The maximum atomic E-state index is 13.3. The van der Waals surface area contributed by atoms with E-state index in [-0.39, 0.29) is 17.2 Å². The van der Waals surface area contributed by atoms with E-state index in [0.29, 0.717) is 26.8 Å². The average molecular weight is 534 g/mol. The molecule has 1 saturated heterocycles. The molecule has 8 nitrogen and oxygen atoms in total. The van der Waals surface area contributed by atoms with Gasteiger partial charge in [-0.25, -0.2) is 10.4 Å². The first-order chi connectivity index (χ1) is 18.1. The average Bonchev–Trinajstić information content (AvgIpc) is 2.94. The Morgan fingerprint density at radius 1 is 1.03 bits per heavy atom. The van der Waals surface area contributed by atoms with Gasteiger partial charge in [0.2, 0.25) is 0 Å². The molecule has 0 saturated carbocycles. The second-order valence-electron chi connectivity index (χ2n) is 8.30. The van der Waals surface area contributed by atoms with Gasteiger partial charge in [-0.3, -0.25) is 14.2 Å². The number of para-hydroxylation sites is 1. The zero-order valence-electron chi connectivity index (χ0n) is 19.8. The molecule has 0 bridgehead atoms. The van der Waals surface area contributed by atoms with Crippen molar-refractivity contribution in [2.45, 2.75) is 5.16 Å². The monoisotopic (exact) mass is 533 g/mol. The van der Waals surface area contributed by atoms with E-state index >= 15 is 0 Å². The van der Waals surface area contributed by atoms with Gasteiger partial charge in [-0.15, -0.1) is 0 Å². The van der Waals surface area contributed by atoms with Crippen molar-refractivity contribution in [2.24, 2.45) is 5.10 Å². The Morgan fingerprint density at radius 2 is 1.73 bits per heavy atom. The quantitative estimate of drug-likeness (QED) is 0.166. The van der Waals surface area contributed by atoms with Crippen LogP contribution in [0, 0.1) is 0 Å². The summed E-state index contributed by atoms with van der Waals surface area (Å²) in [6.45, 7) is 3.22. The molecular weight excluding hydrogens is 510 g/mol. The van der Waals surface area contributed by atoms with Crippen LogP contribution in [0.1, 0.15) is 5.56 Å². The topological polar surface area (TPSA) is 88.8 Å². The highest BCUT2D eigenvalue weighted by molar-refractivity contribution is 7.99. The summed E-state index contributed by atoms with van der Waals surface area (Å²) in [5.41, 5.74) is 5.53. The number of amides is 1. The number of hydrogen-bond donors (Lipinski definition) is 1. The molecule has 1 aliphatic rings. The first-order valence-corrected chi connectivity index (χ1v) is 13.1. The third-order valence-electron chi connectivity index (χ3n) is 5.83. The molecule has 1 N–H and O–H groups in total. The largest absolute Gasteiger partial charge is 0.378 e. The number of anilines is 1. The van der Waals surface area contributed by atoms with E-state index in [1.54, 1.807) is 48.7 Å². The summed E-state index contributed by atoms with van der Waals surface area (Å²) in [4.78, 5) is 32.7. The van der Waals surface area contributed by atoms with Gasteiger partial charge >= 0.3 is 0 Å². The first kappa shape index (κ1) is 25.0. The number of halogens is 1. The van der Waals surface area contributed by atoms with Crippen molar-refractivity contribution in [3.05, 3.63) is 93.7 Å². The summed E-state index contributed by atoms with van der Waals surface area (Å²) in [7, 11) is 0. The molecule has 1 aliphatic heterocycles. The fraction of sp³-hybridized carbons (Fsp3) is 0.185. The van der Waals surface area contributed by atoms with Gasteiger partial charge in [0.15, 0.2) is 5.16 Å². The van der Waals surface area contributed by atoms with Crippen LogP contribution in [-0.4, -0.2) is 53.7 Å². The molecule has 1 fully saturated rings. The molecule has 1 amide bonds. The predicted octanol–water partition coefficient (Wildman–Crippen LogP) is 4.12. The number of aromatic nitrogens is 2. The summed E-state index contributed by atoms with van der Waals surface area (Å²) in [5.74, 6) is -0.276. The van der Waals surface area contributed by atoms with E-state index in [1.807, 2.05) is 30.3 Å². The third kappa shape index (κ3) is 6.02. The highest BCUT2D eigenvalue weighted by atomic mass is 35.5. The number of benzene rings is 3. The van der Waals surface area contributed by atoms with Crippen LogP contribution in [-0.2, 0) is 9.53 Å². The highest BCUT2D eigenvalue weighted by Crippen LogP contribution is 2.22. The smallest absolute Gasteiger partial charge is 0.266 e. The molecule has 10 heteroatoms. The molecule has 0 spiro atoms. The van der Waals surface area contributed by atoms with Gasteiger partial charge < -0.3 is 9.64 Å². The Bertz CT molecular complexity index is 1480. The van der Waals surface area contributed by atoms with E-state index in [0.717, 1.165) is 49.3 Å². The molecule has 37 heavy (non-hydrogen) atoms.